The fraction of sp³-hybridized carbons (Fsp3) is 0.800. The third kappa shape index (κ3) is 5.29. The van der Waals surface area contributed by atoms with Gasteiger partial charge in [-0.3, -0.25) is 4.99 Å². The van der Waals surface area contributed by atoms with E-state index >= 15 is 0 Å². The largest absolute Gasteiger partial charge is 0.285 e. The fourth-order valence-electron chi connectivity index (χ4n) is 1.95. The molecule has 1 aliphatic rings. The highest BCUT2D eigenvalue weighted by Gasteiger charge is 2.23. The molecule has 0 aliphatic carbocycles. The maximum absolute atomic E-state index is 4.63. The van der Waals surface area contributed by atoms with E-state index in [0.29, 0.717) is 5.41 Å². The van der Waals surface area contributed by atoms with Gasteiger partial charge in [-0.25, -0.2) is 0 Å². The molecule has 1 rings (SSSR count). The molecule has 0 radical (unpaired) electrons. The van der Waals surface area contributed by atoms with Crippen molar-refractivity contribution in [1.29, 1.82) is 0 Å². The first-order valence-corrected chi connectivity index (χ1v) is 7.68. The SMILES string of the molecule is CC(C)(C)CSCCC1=NCC=C1C(C)(C)C. The molecule has 1 nitrogen and oxygen atoms in total. The molecule has 0 aromatic carbocycles. The van der Waals surface area contributed by atoms with E-state index in [4.69, 9.17) is 0 Å². The van der Waals surface area contributed by atoms with Gasteiger partial charge in [-0.1, -0.05) is 47.6 Å². The Kier molecular flexibility index (Phi) is 4.88. The average molecular weight is 253 g/mol. The summed E-state index contributed by atoms with van der Waals surface area (Å²) in [6.07, 6.45) is 3.42. The van der Waals surface area contributed by atoms with E-state index in [0.717, 1.165) is 13.0 Å². The second-order valence-corrected chi connectivity index (χ2v) is 8.12. The van der Waals surface area contributed by atoms with Crippen molar-refractivity contribution >= 4 is 17.5 Å². The summed E-state index contributed by atoms with van der Waals surface area (Å²) in [5, 5.41) is 0. The highest BCUT2D eigenvalue weighted by molar-refractivity contribution is 7.99. The van der Waals surface area contributed by atoms with Crippen LogP contribution in [-0.4, -0.2) is 23.8 Å². The first-order valence-electron chi connectivity index (χ1n) is 6.52. The molecule has 0 aromatic rings. The van der Waals surface area contributed by atoms with E-state index < -0.39 is 0 Å². The summed E-state index contributed by atoms with van der Waals surface area (Å²) in [6.45, 7) is 14.6. The Morgan fingerprint density at radius 1 is 1.18 bits per heavy atom. The molecular formula is C15H27NS. The Morgan fingerprint density at radius 3 is 2.35 bits per heavy atom. The summed E-state index contributed by atoms with van der Waals surface area (Å²) in [6, 6.07) is 0. The van der Waals surface area contributed by atoms with Crippen LogP contribution in [0.1, 0.15) is 48.0 Å². The van der Waals surface area contributed by atoms with Gasteiger partial charge < -0.3 is 0 Å². The van der Waals surface area contributed by atoms with Gasteiger partial charge in [0.05, 0.1) is 6.54 Å². The van der Waals surface area contributed by atoms with Crippen LogP contribution in [0.25, 0.3) is 0 Å². The van der Waals surface area contributed by atoms with Crippen LogP contribution in [0, 0.1) is 10.8 Å². The maximum Gasteiger partial charge on any atom is 0.0580 e. The molecule has 1 heterocycles. The quantitative estimate of drug-likeness (QED) is 0.668. The summed E-state index contributed by atoms with van der Waals surface area (Å²) in [7, 11) is 0. The highest BCUT2D eigenvalue weighted by atomic mass is 32.2. The minimum Gasteiger partial charge on any atom is -0.285 e. The lowest BCUT2D eigenvalue weighted by Gasteiger charge is -2.22. The van der Waals surface area contributed by atoms with Crippen LogP contribution in [0.15, 0.2) is 16.6 Å². The summed E-state index contributed by atoms with van der Waals surface area (Å²) >= 11 is 2.05. The molecule has 0 N–H and O–H groups in total. The molecular weight excluding hydrogens is 226 g/mol. The number of hydrogen-bond donors (Lipinski definition) is 0. The van der Waals surface area contributed by atoms with Crippen LogP contribution >= 0.6 is 11.8 Å². The van der Waals surface area contributed by atoms with E-state index in [1.165, 1.54) is 22.8 Å². The standard InChI is InChI=1S/C15H27NS/c1-14(2,3)11-17-10-8-13-12(7-9-16-13)15(4,5)6/h7H,8-11H2,1-6H3. The zero-order valence-electron chi connectivity index (χ0n) is 12.3. The second-order valence-electron chi connectivity index (χ2n) is 7.02. The van der Waals surface area contributed by atoms with Crippen LogP contribution in [0.2, 0.25) is 0 Å². The normalized spacial score (nSPS) is 17.1. The lowest BCUT2D eigenvalue weighted by molar-refractivity contribution is 0.481. The van der Waals surface area contributed by atoms with Gasteiger partial charge in [-0.2, -0.15) is 11.8 Å². The van der Waals surface area contributed by atoms with Gasteiger partial charge in [0.1, 0.15) is 0 Å². The number of rotatable bonds is 4. The van der Waals surface area contributed by atoms with E-state index in [1.54, 1.807) is 0 Å². The van der Waals surface area contributed by atoms with E-state index in [-0.39, 0.29) is 5.41 Å². The first kappa shape index (κ1) is 14.8. The molecule has 0 atom stereocenters. The first-order chi connectivity index (χ1) is 7.70. The number of aliphatic imine (C=N–C) groups is 1. The second kappa shape index (κ2) is 5.60. The Labute approximate surface area is 111 Å². The zero-order chi connectivity index (χ0) is 13.1. The van der Waals surface area contributed by atoms with E-state index in [1.807, 2.05) is 0 Å². The van der Waals surface area contributed by atoms with Gasteiger partial charge in [0.2, 0.25) is 0 Å². The zero-order valence-corrected chi connectivity index (χ0v) is 13.1. The Hall–Kier alpha value is -0.240. The van der Waals surface area contributed by atoms with Gasteiger partial charge >= 0.3 is 0 Å². The Morgan fingerprint density at radius 2 is 1.82 bits per heavy atom. The van der Waals surface area contributed by atoms with Crippen molar-refractivity contribution in [1.82, 2.24) is 0 Å². The predicted molar refractivity (Wildman–Crippen MR) is 81.2 cm³/mol. The number of thioether (sulfide) groups is 1. The lowest BCUT2D eigenvalue weighted by Crippen LogP contribution is -2.17. The van der Waals surface area contributed by atoms with Gasteiger partial charge in [-0.15, -0.1) is 0 Å². The van der Waals surface area contributed by atoms with Crippen molar-refractivity contribution in [2.45, 2.75) is 48.0 Å². The van der Waals surface area contributed by atoms with Crippen molar-refractivity contribution in [2.24, 2.45) is 15.8 Å². The van der Waals surface area contributed by atoms with Crippen LogP contribution < -0.4 is 0 Å². The fourth-order valence-corrected chi connectivity index (χ4v) is 3.04. The monoisotopic (exact) mass is 253 g/mol. The van der Waals surface area contributed by atoms with Gasteiger partial charge in [0, 0.05) is 5.71 Å². The van der Waals surface area contributed by atoms with Crippen molar-refractivity contribution < 1.29 is 0 Å². The lowest BCUT2D eigenvalue weighted by atomic mass is 9.83. The molecule has 0 fully saturated rings. The molecule has 0 amide bonds. The predicted octanol–water partition coefficient (Wildman–Crippen LogP) is 4.58. The molecule has 2 heteroatoms. The third-order valence-electron chi connectivity index (χ3n) is 2.71. The Balaban J connectivity index is 2.37. The van der Waals surface area contributed by atoms with Gasteiger partial charge in [-0.05, 0) is 34.3 Å². The number of allylic oxidation sites excluding steroid dienone is 1. The summed E-state index contributed by atoms with van der Waals surface area (Å²) in [4.78, 5) is 4.63. The maximum atomic E-state index is 4.63. The highest BCUT2D eigenvalue weighted by Crippen LogP contribution is 2.31. The van der Waals surface area contributed by atoms with Gasteiger partial charge in [0.15, 0.2) is 0 Å². The Bertz CT molecular complexity index is 313. The van der Waals surface area contributed by atoms with Crippen LogP contribution in [0.5, 0.6) is 0 Å². The number of hydrogen-bond acceptors (Lipinski definition) is 2. The smallest absolute Gasteiger partial charge is 0.0580 e. The summed E-state index contributed by atoms with van der Waals surface area (Å²) in [5.41, 5.74) is 3.50. The minimum atomic E-state index is 0.254. The van der Waals surface area contributed by atoms with Crippen molar-refractivity contribution in [3.63, 3.8) is 0 Å². The van der Waals surface area contributed by atoms with Crippen LogP contribution in [0.3, 0.4) is 0 Å². The topological polar surface area (TPSA) is 12.4 Å². The molecule has 0 unspecified atom stereocenters. The molecule has 1 aliphatic heterocycles. The molecule has 0 aromatic heterocycles. The average Bonchev–Trinajstić information content (AvgIpc) is 2.58. The van der Waals surface area contributed by atoms with Gasteiger partial charge in [0.25, 0.3) is 0 Å². The molecule has 0 bridgehead atoms. The molecule has 0 saturated heterocycles. The molecule has 0 saturated carbocycles. The van der Waals surface area contributed by atoms with E-state index in [2.05, 4.69) is 64.4 Å². The number of nitrogens with zero attached hydrogens (tertiary/aromatic N) is 1. The minimum absolute atomic E-state index is 0.254. The summed E-state index contributed by atoms with van der Waals surface area (Å²) < 4.78 is 0. The third-order valence-corrected chi connectivity index (χ3v) is 4.28. The molecule has 0 spiro atoms. The van der Waals surface area contributed by atoms with Crippen molar-refractivity contribution in [3.05, 3.63) is 11.6 Å². The van der Waals surface area contributed by atoms with Crippen LogP contribution in [-0.2, 0) is 0 Å². The van der Waals surface area contributed by atoms with Crippen molar-refractivity contribution in [2.75, 3.05) is 18.1 Å². The molecule has 17 heavy (non-hydrogen) atoms. The van der Waals surface area contributed by atoms with Crippen molar-refractivity contribution in [3.8, 4) is 0 Å². The van der Waals surface area contributed by atoms with E-state index in [9.17, 15) is 0 Å². The van der Waals surface area contributed by atoms with Crippen LogP contribution in [0.4, 0.5) is 0 Å². The molecule has 98 valence electrons. The summed E-state index contributed by atoms with van der Waals surface area (Å²) in [5.74, 6) is 2.43.